The molecule has 0 radical (unpaired) electrons. The highest BCUT2D eigenvalue weighted by atomic mass is 16.5. The van der Waals surface area contributed by atoms with Gasteiger partial charge in [0.2, 0.25) is 11.8 Å². The zero-order valence-electron chi connectivity index (χ0n) is 15.2. The van der Waals surface area contributed by atoms with Crippen LogP contribution in [0.2, 0.25) is 0 Å². The fraction of sp³-hybridized carbons (Fsp3) is 0.737. The van der Waals surface area contributed by atoms with Crippen molar-refractivity contribution in [3.63, 3.8) is 0 Å². The maximum Gasteiger partial charge on any atom is 0.319 e. The van der Waals surface area contributed by atoms with E-state index in [2.05, 4.69) is 9.97 Å². The Hall–Kier alpha value is -1.85. The van der Waals surface area contributed by atoms with Crippen LogP contribution in [0.5, 0.6) is 11.9 Å². The van der Waals surface area contributed by atoms with Crippen molar-refractivity contribution in [3.8, 4) is 11.9 Å². The Morgan fingerprint density at radius 1 is 1.20 bits per heavy atom. The van der Waals surface area contributed by atoms with Gasteiger partial charge in [0.1, 0.15) is 6.10 Å². The predicted molar refractivity (Wildman–Crippen MR) is 94.6 cm³/mol. The summed E-state index contributed by atoms with van der Waals surface area (Å²) < 4.78 is 10.9. The van der Waals surface area contributed by atoms with Gasteiger partial charge in [-0.3, -0.25) is 4.79 Å². The number of ether oxygens (including phenoxy) is 2. The smallest absolute Gasteiger partial charge is 0.319 e. The lowest BCUT2D eigenvalue weighted by Gasteiger charge is -2.32. The molecule has 1 aromatic rings. The van der Waals surface area contributed by atoms with Crippen molar-refractivity contribution in [3.05, 3.63) is 12.3 Å². The lowest BCUT2D eigenvalue weighted by molar-refractivity contribution is -0.133. The summed E-state index contributed by atoms with van der Waals surface area (Å²) in [6.45, 7) is 1.55. The van der Waals surface area contributed by atoms with Crippen molar-refractivity contribution in [1.82, 2.24) is 14.9 Å². The largest absolute Gasteiger partial charge is 0.474 e. The molecule has 138 valence electrons. The Morgan fingerprint density at radius 3 is 2.68 bits per heavy atom. The predicted octanol–water partition coefficient (Wildman–Crippen LogP) is 3.22. The van der Waals surface area contributed by atoms with E-state index in [-0.39, 0.29) is 6.10 Å². The fourth-order valence-corrected chi connectivity index (χ4v) is 3.84. The Labute approximate surface area is 149 Å². The molecule has 0 N–H and O–H groups in total. The van der Waals surface area contributed by atoms with E-state index in [0.717, 1.165) is 38.3 Å². The standard InChI is InChI=1S/C19H29N3O3/c1-24-19-20-12-9-17(21-19)25-16-10-13-22(14-11-16)18(23)8-7-15-5-3-2-4-6-15/h9,12,15-16H,2-8,10-11,13-14H2,1H3. The van der Waals surface area contributed by atoms with Gasteiger partial charge in [-0.05, 0) is 12.3 Å². The zero-order valence-corrected chi connectivity index (χ0v) is 15.2. The van der Waals surface area contributed by atoms with Crippen molar-refractivity contribution in [2.75, 3.05) is 20.2 Å². The van der Waals surface area contributed by atoms with Gasteiger partial charge >= 0.3 is 6.01 Å². The average Bonchev–Trinajstić information content (AvgIpc) is 2.67. The van der Waals surface area contributed by atoms with Gasteiger partial charge in [0, 0.05) is 44.6 Å². The number of carbonyl (C=O) groups is 1. The maximum atomic E-state index is 12.4. The molecule has 1 aromatic heterocycles. The first-order valence-corrected chi connectivity index (χ1v) is 9.56. The van der Waals surface area contributed by atoms with Gasteiger partial charge in [0.05, 0.1) is 7.11 Å². The van der Waals surface area contributed by atoms with E-state index in [1.807, 2.05) is 4.90 Å². The van der Waals surface area contributed by atoms with Crippen LogP contribution < -0.4 is 9.47 Å². The van der Waals surface area contributed by atoms with Crippen LogP contribution >= 0.6 is 0 Å². The highest BCUT2D eigenvalue weighted by molar-refractivity contribution is 5.76. The summed E-state index contributed by atoms with van der Waals surface area (Å²) >= 11 is 0. The summed E-state index contributed by atoms with van der Waals surface area (Å²) in [4.78, 5) is 22.6. The molecular formula is C19H29N3O3. The molecule has 6 nitrogen and oxygen atoms in total. The lowest BCUT2D eigenvalue weighted by atomic mass is 9.86. The van der Waals surface area contributed by atoms with Gasteiger partial charge < -0.3 is 14.4 Å². The van der Waals surface area contributed by atoms with E-state index < -0.39 is 0 Å². The van der Waals surface area contributed by atoms with Gasteiger partial charge in [0.15, 0.2) is 0 Å². The van der Waals surface area contributed by atoms with Crippen LogP contribution in [0.4, 0.5) is 0 Å². The Morgan fingerprint density at radius 2 is 1.96 bits per heavy atom. The van der Waals surface area contributed by atoms with Gasteiger partial charge in [-0.25, -0.2) is 4.98 Å². The number of rotatable bonds is 6. The summed E-state index contributed by atoms with van der Waals surface area (Å²) in [7, 11) is 1.54. The third-order valence-electron chi connectivity index (χ3n) is 5.36. The van der Waals surface area contributed by atoms with Crippen molar-refractivity contribution in [1.29, 1.82) is 0 Å². The number of likely N-dealkylation sites (tertiary alicyclic amines) is 1. The quantitative estimate of drug-likeness (QED) is 0.790. The molecule has 0 bridgehead atoms. The number of hydrogen-bond donors (Lipinski definition) is 0. The fourth-order valence-electron chi connectivity index (χ4n) is 3.84. The van der Waals surface area contributed by atoms with E-state index in [4.69, 9.17) is 9.47 Å². The number of methoxy groups -OCH3 is 1. The molecule has 1 saturated heterocycles. The Bertz CT molecular complexity index is 553. The molecular weight excluding hydrogens is 318 g/mol. The third-order valence-corrected chi connectivity index (χ3v) is 5.36. The topological polar surface area (TPSA) is 64.6 Å². The molecule has 0 aromatic carbocycles. The number of nitrogens with zero attached hydrogens (tertiary/aromatic N) is 3. The van der Waals surface area contributed by atoms with E-state index in [1.165, 1.54) is 39.2 Å². The van der Waals surface area contributed by atoms with Gasteiger partial charge in [-0.15, -0.1) is 0 Å². The second-order valence-corrected chi connectivity index (χ2v) is 7.12. The van der Waals surface area contributed by atoms with E-state index in [9.17, 15) is 4.79 Å². The molecule has 0 spiro atoms. The number of piperidine rings is 1. The summed E-state index contributed by atoms with van der Waals surface area (Å²) in [6, 6.07) is 2.05. The number of aromatic nitrogens is 2. The van der Waals surface area contributed by atoms with Crippen molar-refractivity contribution >= 4 is 5.91 Å². The van der Waals surface area contributed by atoms with Crippen molar-refractivity contribution in [2.45, 2.75) is 63.9 Å². The first-order valence-electron chi connectivity index (χ1n) is 9.56. The van der Waals surface area contributed by atoms with E-state index in [1.54, 1.807) is 12.3 Å². The minimum atomic E-state index is 0.0991. The lowest BCUT2D eigenvalue weighted by Crippen LogP contribution is -2.41. The van der Waals surface area contributed by atoms with Gasteiger partial charge in [-0.1, -0.05) is 32.1 Å². The van der Waals surface area contributed by atoms with Gasteiger partial charge in [-0.2, -0.15) is 4.98 Å². The van der Waals surface area contributed by atoms with E-state index in [0.29, 0.717) is 24.2 Å². The number of carbonyl (C=O) groups excluding carboxylic acids is 1. The summed E-state index contributed by atoms with van der Waals surface area (Å²) in [5.74, 6) is 1.62. The molecule has 25 heavy (non-hydrogen) atoms. The normalized spacial score (nSPS) is 19.6. The molecule has 3 rings (SSSR count). The van der Waals surface area contributed by atoms with Crippen LogP contribution in [-0.2, 0) is 4.79 Å². The summed E-state index contributed by atoms with van der Waals surface area (Å²) in [5, 5.41) is 0. The molecule has 1 saturated carbocycles. The molecule has 1 aliphatic carbocycles. The molecule has 2 fully saturated rings. The Balaban J connectivity index is 1.39. The molecule has 2 aliphatic rings. The first kappa shape index (κ1) is 18.0. The molecule has 6 heteroatoms. The molecule has 2 heterocycles. The second kappa shape index (κ2) is 9.02. The Kier molecular flexibility index (Phi) is 6.48. The molecule has 0 unspecified atom stereocenters. The minimum Gasteiger partial charge on any atom is -0.474 e. The average molecular weight is 347 g/mol. The minimum absolute atomic E-state index is 0.0991. The van der Waals surface area contributed by atoms with Crippen LogP contribution in [0, 0.1) is 5.92 Å². The first-order chi connectivity index (χ1) is 12.2. The molecule has 1 aliphatic heterocycles. The van der Waals surface area contributed by atoms with Gasteiger partial charge in [0.25, 0.3) is 0 Å². The van der Waals surface area contributed by atoms with Crippen molar-refractivity contribution < 1.29 is 14.3 Å². The number of hydrogen-bond acceptors (Lipinski definition) is 5. The highest BCUT2D eigenvalue weighted by Crippen LogP contribution is 2.28. The molecule has 0 atom stereocenters. The summed E-state index contributed by atoms with van der Waals surface area (Å²) in [6.07, 6.45) is 11.9. The second-order valence-electron chi connectivity index (χ2n) is 7.12. The van der Waals surface area contributed by atoms with Crippen LogP contribution in [0.3, 0.4) is 0 Å². The SMILES string of the molecule is COc1nccc(OC2CCN(C(=O)CCC3CCCCC3)CC2)n1. The maximum absolute atomic E-state index is 12.4. The van der Waals surface area contributed by atoms with E-state index >= 15 is 0 Å². The van der Waals surface area contributed by atoms with Crippen molar-refractivity contribution in [2.24, 2.45) is 5.92 Å². The molecule has 1 amide bonds. The monoisotopic (exact) mass is 347 g/mol. The van der Waals surface area contributed by atoms with Crippen LogP contribution in [0.25, 0.3) is 0 Å². The van der Waals surface area contributed by atoms with Crippen LogP contribution in [0.1, 0.15) is 57.8 Å². The zero-order chi connectivity index (χ0) is 17.5. The van der Waals surface area contributed by atoms with Crippen LogP contribution in [-0.4, -0.2) is 47.1 Å². The number of amides is 1. The van der Waals surface area contributed by atoms with Crippen LogP contribution in [0.15, 0.2) is 12.3 Å². The summed E-state index contributed by atoms with van der Waals surface area (Å²) in [5.41, 5.74) is 0. The highest BCUT2D eigenvalue weighted by Gasteiger charge is 2.25. The third kappa shape index (κ3) is 5.31.